The molecule has 4 heteroatoms. The van der Waals surface area contributed by atoms with Crippen LogP contribution in [0.3, 0.4) is 0 Å². The summed E-state index contributed by atoms with van der Waals surface area (Å²) in [6, 6.07) is -0.309. The molecule has 1 atom stereocenters. The maximum Gasteiger partial charge on any atom is 0.303 e. The molecule has 0 saturated carbocycles. The lowest BCUT2D eigenvalue weighted by atomic mass is 10.2. The standard InChI is InChI=1S/C7H13NO3/c1-2-8-6(5-9)3-4-7(10)11/h5-6,8H,2-4H2,1H3,(H,10,11)/t6-/m0/s1. The van der Waals surface area contributed by atoms with Crippen LogP contribution >= 0.6 is 0 Å². The van der Waals surface area contributed by atoms with Crippen LogP contribution in [0.25, 0.3) is 0 Å². The zero-order valence-electron chi connectivity index (χ0n) is 6.54. The van der Waals surface area contributed by atoms with Gasteiger partial charge in [-0.2, -0.15) is 0 Å². The number of carboxylic acid groups (broad SMARTS) is 1. The molecule has 0 bridgehead atoms. The van der Waals surface area contributed by atoms with Crippen molar-refractivity contribution in [1.29, 1.82) is 0 Å². The van der Waals surface area contributed by atoms with Crippen molar-refractivity contribution >= 4 is 12.3 Å². The molecule has 0 spiro atoms. The summed E-state index contributed by atoms with van der Waals surface area (Å²) in [5, 5.41) is 11.1. The summed E-state index contributed by atoms with van der Waals surface area (Å²) in [6.45, 7) is 2.56. The molecule has 0 saturated heterocycles. The van der Waals surface area contributed by atoms with E-state index in [1.807, 2.05) is 6.92 Å². The monoisotopic (exact) mass is 159 g/mol. The number of hydrogen-bond donors (Lipinski definition) is 2. The first-order valence-corrected chi connectivity index (χ1v) is 3.61. The van der Waals surface area contributed by atoms with Crippen LogP contribution in [0.5, 0.6) is 0 Å². The Morgan fingerprint density at radius 1 is 1.73 bits per heavy atom. The van der Waals surface area contributed by atoms with Crippen LogP contribution < -0.4 is 5.32 Å². The topological polar surface area (TPSA) is 66.4 Å². The second kappa shape index (κ2) is 5.85. The smallest absolute Gasteiger partial charge is 0.303 e. The van der Waals surface area contributed by atoms with Gasteiger partial charge in [-0.1, -0.05) is 6.92 Å². The summed E-state index contributed by atoms with van der Waals surface area (Å²) < 4.78 is 0. The molecule has 0 rings (SSSR count). The van der Waals surface area contributed by atoms with Crippen molar-refractivity contribution in [3.05, 3.63) is 0 Å². The Labute approximate surface area is 65.6 Å². The molecule has 0 aromatic carbocycles. The quantitative estimate of drug-likeness (QED) is 0.536. The fraction of sp³-hybridized carbons (Fsp3) is 0.714. The predicted molar refractivity (Wildman–Crippen MR) is 40.4 cm³/mol. The Morgan fingerprint density at radius 3 is 2.73 bits per heavy atom. The minimum Gasteiger partial charge on any atom is -0.481 e. The van der Waals surface area contributed by atoms with E-state index in [0.717, 1.165) is 6.29 Å². The average Bonchev–Trinajstić information content (AvgIpc) is 1.97. The first-order chi connectivity index (χ1) is 5.20. The van der Waals surface area contributed by atoms with Gasteiger partial charge in [0.15, 0.2) is 0 Å². The van der Waals surface area contributed by atoms with Gasteiger partial charge in [-0.25, -0.2) is 0 Å². The largest absolute Gasteiger partial charge is 0.481 e. The SMILES string of the molecule is CCN[C@H](C=O)CCC(=O)O. The van der Waals surface area contributed by atoms with Gasteiger partial charge in [0.2, 0.25) is 0 Å². The van der Waals surface area contributed by atoms with E-state index in [9.17, 15) is 9.59 Å². The van der Waals surface area contributed by atoms with Crippen molar-refractivity contribution in [2.75, 3.05) is 6.54 Å². The Kier molecular flexibility index (Phi) is 5.37. The maximum absolute atomic E-state index is 10.3. The van der Waals surface area contributed by atoms with E-state index in [2.05, 4.69) is 5.32 Å². The van der Waals surface area contributed by atoms with Crippen molar-refractivity contribution < 1.29 is 14.7 Å². The molecule has 4 nitrogen and oxygen atoms in total. The van der Waals surface area contributed by atoms with Crippen molar-refractivity contribution in [1.82, 2.24) is 5.32 Å². The summed E-state index contributed by atoms with van der Waals surface area (Å²) in [7, 11) is 0. The Bertz CT molecular complexity index is 136. The highest BCUT2D eigenvalue weighted by atomic mass is 16.4. The van der Waals surface area contributed by atoms with Crippen molar-refractivity contribution in [2.24, 2.45) is 0 Å². The van der Waals surface area contributed by atoms with E-state index in [1.54, 1.807) is 0 Å². The molecule has 0 unspecified atom stereocenters. The molecular weight excluding hydrogens is 146 g/mol. The van der Waals surface area contributed by atoms with E-state index in [4.69, 9.17) is 5.11 Å². The minimum absolute atomic E-state index is 0.0381. The normalized spacial score (nSPS) is 12.5. The van der Waals surface area contributed by atoms with Gasteiger partial charge in [-0.05, 0) is 13.0 Å². The Balaban J connectivity index is 3.51. The molecule has 0 aromatic rings. The van der Waals surface area contributed by atoms with Gasteiger partial charge in [0.25, 0.3) is 0 Å². The molecule has 11 heavy (non-hydrogen) atoms. The number of aldehydes is 1. The molecule has 64 valence electrons. The van der Waals surface area contributed by atoms with E-state index in [-0.39, 0.29) is 12.5 Å². The number of carboxylic acids is 1. The number of rotatable bonds is 6. The summed E-state index contributed by atoms with van der Waals surface area (Å²) in [5.41, 5.74) is 0. The summed E-state index contributed by atoms with van der Waals surface area (Å²) in [4.78, 5) is 20.3. The van der Waals surface area contributed by atoms with Gasteiger partial charge in [-0.3, -0.25) is 4.79 Å². The molecule has 2 N–H and O–H groups in total. The minimum atomic E-state index is -0.866. The third-order valence-corrected chi connectivity index (χ3v) is 1.30. The van der Waals surface area contributed by atoms with Gasteiger partial charge in [-0.15, -0.1) is 0 Å². The van der Waals surface area contributed by atoms with E-state index in [1.165, 1.54) is 0 Å². The van der Waals surface area contributed by atoms with Crippen LogP contribution in [-0.4, -0.2) is 29.9 Å². The van der Waals surface area contributed by atoms with Crippen molar-refractivity contribution in [2.45, 2.75) is 25.8 Å². The number of likely N-dealkylation sites (N-methyl/N-ethyl adjacent to an activating group) is 1. The highest BCUT2D eigenvalue weighted by Crippen LogP contribution is 1.93. The van der Waals surface area contributed by atoms with Crippen LogP contribution in [0.1, 0.15) is 19.8 Å². The molecular formula is C7H13NO3. The first kappa shape index (κ1) is 10.1. The molecule has 0 amide bonds. The lowest BCUT2D eigenvalue weighted by molar-refractivity contribution is -0.137. The lowest BCUT2D eigenvalue weighted by Gasteiger charge is -2.07. The molecule has 0 aliphatic rings. The highest BCUT2D eigenvalue weighted by Gasteiger charge is 2.06. The maximum atomic E-state index is 10.3. The lowest BCUT2D eigenvalue weighted by Crippen LogP contribution is -2.30. The van der Waals surface area contributed by atoms with Gasteiger partial charge in [0, 0.05) is 6.42 Å². The fourth-order valence-corrected chi connectivity index (χ4v) is 0.759. The van der Waals surface area contributed by atoms with Gasteiger partial charge >= 0.3 is 5.97 Å². The van der Waals surface area contributed by atoms with Gasteiger partial charge < -0.3 is 15.2 Å². The third kappa shape index (κ3) is 5.54. The molecule has 0 aromatic heterocycles. The number of hydrogen-bond acceptors (Lipinski definition) is 3. The fourth-order valence-electron chi connectivity index (χ4n) is 0.759. The molecule has 0 fully saturated rings. The van der Waals surface area contributed by atoms with Gasteiger partial charge in [0.05, 0.1) is 6.04 Å². The van der Waals surface area contributed by atoms with E-state index >= 15 is 0 Å². The highest BCUT2D eigenvalue weighted by molar-refractivity contribution is 5.68. The molecule has 0 aliphatic carbocycles. The van der Waals surface area contributed by atoms with Crippen LogP contribution in [0.4, 0.5) is 0 Å². The van der Waals surface area contributed by atoms with Crippen molar-refractivity contribution in [3.63, 3.8) is 0 Å². The molecule has 0 radical (unpaired) electrons. The van der Waals surface area contributed by atoms with Crippen LogP contribution in [0.15, 0.2) is 0 Å². The number of carbonyl (C=O) groups is 2. The Hall–Kier alpha value is -0.900. The number of carbonyl (C=O) groups excluding carboxylic acids is 1. The predicted octanol–water partition coefficient (Wildman–Crippen LogP) is 0.0282. The van der Waals surface area contributed by atoms with Gasteiger partial charge in [0.1, 0.15) is 6.29 Å². The summed E-state index contributed by atoms with van der Waals surface area (Å²) >= 11 is 0. The van der Waals surface area contributed by atoms with E-state index < -0.39 is 5.97 Å². The Morgan fingerprint density at radius 2 is 2.36 bits per heavy atom. The van der Waals surface area contributed by atoms with Crippen LogP contribution in [0, 0.1) is 0 Å². The number of aliphatic carboxylic acids is 1. The zero-order valence-corrected chi connectivity index (χ0v) is 6.54. The van der Waals surface area contributed by atoms with Crippen LogP contribution in [0.2, 0.25) is 0 Å². The zero-order chi connectivity index (χ0) is 8.69. The third-order valence-electron chi connectivity index (χ3n) is 1.30. The second-order valence-corrected chi connectivity index (χ2v) is 2.23. The number of nitrogens with one attached hydrogen (secondary N) is 1. The van der Waals surface area contributed by atoms with Crippen LogP contribution in [-0.2, 0) is 9.59 Å². The summed E-state index contributed by atoms with van der Waals surface area (Å²) in [6.07, 6.45) is 1.15. The van der Waals surface area contributed by atoms with Crippen molar-refractivity contribution in [3.8, 4) is 0 Å². The van der Waals surface area contributed by atoms with E-state index in [0.29, 0.717) is 13.0 Å². The molecule has 0 aliphatic heterocycles. The first-order valence-electron chi connectivity index (χ1n) is 3.61. The molecule has 0 heterocycles. The summed E-state index contributed by atoms with van der Waals surface area (Å²) in [5.74, 6) is -0.866. The average molecular weight is 159 g/mol. The second-order valence-electron chi connectivity index (χ2n) is 2.23.